The van der Waals surface area contributed by atoms with E-state index in [1.165, 1.54) is 6.20 Å². The molecular weight excluding hydrogens is 553 g/mol. The van der Waals surface area contributed by atoms with E-state index in [1.807, 2.05) is 55.1 Å². The van der Waals surface area contributed by atoms with Crippen molar-refractivity contribution in [2.24, 2.45) is 0 Å². The summed E-state index contributed by atoms with van der Waals surface area (Å²) in [5, 5.41) is 4.05. The van der Waals surface area contributed by atoms with Gasteiger partial charge in [-0.2, -0.15) is 9.97 Å². The molecule has 0 spiro atoms. The van der Waals surface area contributed by atoms with Crippen molar-refractivity contribution in [3.63, 3.8) is 0 Å². The molecule has 1 amide bonds. The van der Waals surface area contributed by atoms with Crippen molar-refractivity contribution in [1.29, 1.82) is 0 Å². The third-order valence-corrected chi connectivity index (χ3v) is 7.66. The Morgan fingerprint density at radius 1 is 1.02 bits per heavy atom. The molecule has 1 aliphatic heterocycles. The highest BCUT2D eigenvalue weighted by Gasteiger charge is 2.26. The number of carbonyl (C=O) groups is 1. The molecule has 208 valence electrons. The second kappa shape index (κ2) is 11.3. The third kappa shape index (κ3) is 5.40. The Labute approximate surface area is 241 Å². The highest BCUT2D eigenvalue weighted by atomic mass is 35.5. The Balaban J connectivity index is 1.30. The van der Waals surface area contributed by atoms with Crippen LogP contribution in [0.2, 0.25) is 10.0 Å². The highest BCUT2D eigenvalue weighted by molar-refractivity contribution is 6.37. The number of nitrogens with one attached hydrogen (secondary N) is 1. The zero-order valence-electron chi connectivity index (χ0n) is 22.3. The first-order valence-corrected chi connectivity index (χ1v) is 13.5. The van der Waals surface area contributed by atoms with Crippen LogP contribution in [0.1, 0.15) is 6.92 Å². The van der Waals surface area contributed by atoms with E-state index < -0.39 is 5.69 Å². The van der Waals surface area contributed by atoms with Crippen LogP contribution in [0.25, 0.3) is 16.7 Å². The molecule has 4 aromatic rings. The number of nitrogens with two attached hydrogens (primary N) is 1. The van der Waals surface area contributed by atoms with Crippen molar-refractivity contribution < 1.29 is 4.79 Å². The van der Waals surface area contributed by atoms with Gasteiger partial charge in [-0.3, -0.25) is 9.69 Å². The first-order chi connectivity index (χ1) is 19.1. The molecule has 0 bridgehead atoms. The first-order valence-electron chi connectivity index (χ1n) is 12.7. The topological polar surface area (TPSA) is 126 Å². The molecule has 1 unspecified atom stereocenters. The van der Waals surface area contributed by atoms with Crippen LogP contribution in [0.3, 0.4) is 0 Å². The number of carbonyl (C=O) groups excluding carboxylic acids is 1. The van der Waals surface area contributed by atoms with Gasteiger partial charge in [0.05, 0.1) is 27.2 Å². The van der Waals surface area contributed by atoms with E-state index in [2.05, 4.69) is 25.2 Å². The summed E-state index contributed by atoms with van der Waals surface area (Å²) >= 11 is 12.6. The summed E-state index contributed by atoms with van der Waals surface area (Å²) in [6, 6.07) is 12.6. The predicted molar refractivity (Wildman–Crippen MR) is 159 cm³/mol. The van der Waals surface area contributed by atoms with Crippen LogP contribution in [0.5, 0.6) is 0 Å². The molecule has 5 rings (SSSR count). The lowest BCUT2D eigenvalue weighted by Crippen LogP contribution is -2.53. The molecule has 1 fully saturated rings. The summed E-state index contributed by atoms with van der Waals surface area (Å²) in [5.74, 6) is 0.503. The number of benzene rings is 2. The van der Waals surface area contributed by atoms with Crippen LogP contribution in [-0.2, 0) is 4.79 Å². The van der Waals surface area contributed by atoms with Gasteiger partial charge in [0.2, 0.25) is 11.9 Å². The number of rotatable bonds is 6. The van der Waals surface area contributed by atoms with Crippen molar-refractivity contribution in [3.8, 4) is 5.69 Å². The van der Waals surface area contributed by atoms with E-state index in [9.17, 15) is 9.59 Å². The number of nitrogens with zero attached hydrogens (tertiary/aromatic N) is 7. The Hall–Kier alpha value is -3.93. The molecule has 0 saturated carbocycles. The first kappa shape index (κ1) is 27.6. The second-order valence-corrected chi connectivity index (χ2v) is 10.6. The SMILES string of the molecule is CC(C(=O)N1CCN(c2ccc(Nc3ncc4c(N)n(-c5c(Cl)cccc5Cl)c(=O)nc4n3)cc2)CC1)N(C)C. The summed E-state index contributed by atoms with van der Waals surface area (Å²) in [7, 11) is 3.83. The maximum absolute atomic E-state index is 12.9. The van der Waals surface area contributed by atoms with Gasteiger partial charge in [-0.05, 0) is 57.4 Å². The molecule has 2 aromatic carbocycles. The van der Waals surface area contributed by atoms with E-state index in [1.54, 1.807) is 18.2 Å². The minimum atomic E-state index is -0.660. The standard InChI is InChI=1S/C27H29Cl2N9O2/c1-16(35(2)3)25(39)37-13-11-36(12-14-37)18-9-7-17(8-10-18)32-26-31-15-19-23(30)38(27(40)34-24(19)33-26)22-20(28)5-4-6-21(22)29/h4-10,15-16H,11-14,30H2,1-3H3,(H,32,33,34,40). The van der Waals surface area contributed by atoms with E-state index in [0.717, 1.165) is 29.0 Å². The number of halogens is 2. The van der Waals surface area contributed by atoms with Gasteiger partial charge in [0, 0.05) is 43.8 Å². The van der Waals surface area contributed by atoms with Crippen LogP contribution in [0.15, 0.2) is 53.5 Å². The van der Waals surface area contributed by atoms with Gasteiger partial charge in [-0.15, -0.1) is 0 Å². The van der Waals surface area contributed by atoms with E-state index >= 15 is 0 Å². The number of fused-ring (bicyclic) bond motifs is 1. The van der Waals surface area contributed by atoms with Gasteiger partial charge >= 0.3 is 5.69 Å². The summed E-state index contributed by atoms with van der Waals surface area (Å²) in [6.45, 7) is 4.81. The molecule has 40 heavy (non-hydrogen) atoms. The van der Waals surface area contributed by atoms with Crippen molar-refractivity contribution in [2.75, 3.05) is 56.2 Å². The Kier molecular flexibility index (Phi) is 7.79. The number of para-hydroxylation sites is 1. The fraction of sp³-hybridized carbons (Fsp3) is 0.296. The van der Waals surface area contributed by atoms with Crippen molar-refractivity contribution >= 4 is 63.3 Å². The van der Waals surface area contributed by atoms with Gasteiger partial charge in [-0.1, -0.05) is 29.3 Å². The molecule has 1 saturated heterocycles. The summed E-state index contributed by atoms with van der Waals surface area (Å²) in [4.78, 5) is 44.5. The minimum Gasteiger partial charge on any atom is -0.384 e. The normalized spacial score (nSPS) is 14.6. The largest absolute Gasteiger partial charge is 0.384 e. The number of aromatic nitrogens is 4. The minimum absolute atomic E-state index is 0.0823. The molecular formula is C27H29Cl2N9O2. The molecule has 13 heteroatoms. The van der Waals surface area contributed by atoms with Crippen molar-refractivity contribution in [1.82, 2.24) is 29.3 Å². The van der Waals surface area contributed by atoms with Gasteiger partial charge < -0.3 is 20.9 Å². The van der Waals surface area contributed by atoms with Crippen LogP contribution in [-0.4, -0.2) is 81.5 Å². The zero-order chi connectivity index (χ0) is 28.6. The van der Waals surface area contributed by atoms with Gasteiger partial charge in [0.15, 0.2) is 5.65 Å². The van der Waals surface area contributed by atoms with Crippen LogP contribution < -0.4 is 21.6 Å². The molecule has 3 N–H and O–H groups in total. The molecule has 1 atom stereocenters. The highest BCUT2D eigenvalue weighted by Crippen LogP contribution is 2.30. The zero-order valence-corrected chi connectivity index (χ0v) is 23.8. The quantitative estimate of drug-likeness (QED) is 0.352. The fourth-order valence-corrected chi connectivity index (χ4v) is 5.10. The van der Waals surface area contributed by atoms with E-state index in [-0.39, 0.29) is 45.1 Å². The second-order valence-electron chi connectivity index (χ2n) is 9.74. The average molecular weight is 582 g/mol. The monoisotopic (exact) mass is 581 g/mol. The Morgan fingerprint density at radius 3 is 2.30 bits per heavy atom. The molecule has 1 aliphatic rings. The maximum Gasteiger partial charge on any atom is 0.355 e. The molecule has 0 aliphatic carbocycles. The number of piperazine rings is 1. The van der Waals surface area contributed by atoms with E-state index in [0.29, 0.717) is 18.5 Å². The summed E-state index contributed by atoms with van der Waals surface area (Å²) < 4.78 is 1.15. The number of amides is 1. The maximum atomic E-state index is 12.9. The summed E-state index contributed by atoms with van der Waals surface area (Å²) in [5.41, 5.74) is 7.87. The van der Waals surface area contributed by atoms with E-state index in [4.69, 9.17) is 28.9 Å². The summed E-state index contributed by atoms with van der Waals surface area (Å²) in [6.07, 6.45) is 1.50. The van der Waals surface area contributed by atoms with Gasteiger partial charge in [-0.25, -0.2) is 14.3 Å². The lowest BCUT2D eigenvalue weighted by molar-refractivity contribution is -0.135. The van der Waals surface area contributed by atoms with Crippen LogP contribution in [0.4, 0.5) is 23.1 Å². The number of anilines is 4. The molecule has 2 aromatic heterocycles. The van der Waals surface area contributed by atoms with Crippen molar-refractivity contribution in [2.45, 2.75) is 13.0 Å². The van der Waals surface area contributed by atoms with Crippen molar-refractivity contribution in [3.05, 3.63) is 69.2 Å². The number of nitrogen functional groups attached to an aromatic ring is 1. The third-order valence-electron chi connectivity index (χ3n) is 7.05. The van der Waals surface area contributed by atoms with Gasteiger partial charge in [0.1, 0.15) is 5.82 Å². The number of hydrogen-bond acceptors (Lipinski definition) is 9. The predicted octanol–water partition coefficient (Wildman–Crippen LogP) is 3.41. The Morgan fingerprint density at radius 2 is 1.68 bits per heavy atom. The smallest absolute Gasteiger partial charge is 0.355 e. The number of likely N-dealkylation sites (N-methyl/N-ethyl adjacent to an activating group) is 1. The average Bonchev–Trinajstić information content (AvgIpc) is 2.94. The molecule has 11 nitrogen and oxygen atoms in total. The lowest BCUT2D eigenvalue weighted by atomic mass is 10.2. The fourth-order valence-electron chi connectivity index (χ4n) is 4.54. The molecule has 3 heterocycles. The molecule has 0 radical (unpaired) electrons. The van der Waals surface area contributed by atoms with Gasteiger partial charge in [0.25, 0.3) is 0 Å². The number of hydrogen-bond donors (Lipinski definition) is 2. The van der Waals surface area contributed by atoms with Crippen LogP contribution >= 0.6 is 23.2 Å². The lowest BCUT2D eigenvalue weighted by Gasteiger charge is -2.38. The Bertz CT molecular complexity index is 1600. The van der Waals surface area contributed by atoms with Crippen LogP contribution in [0, 0.1) is 0 Å².